The van der Waals surface area contributed by atoms with Crippen molar-refractivity contribution in [3.05, 3.63) is 69.8 Å². The number of alkyl halides is 3. The highest BCUT2D eigenvalue weighted by Gasteiger charge is 2.31. The van der Waals surface area contributed by atoms with Crippen LogP contribution in [0.25, 0.3) is 5.65 Å². The number of rotatable bonds is 5. The standard InChI is InChI=1S/C17H15F3N4O3/c1-27-9-13(10-3-2-4-12(7-10)17(18,19)20)21-15(25)11-5-6-14-22-23-16(26)24(14)8-11/h2-8,13H,9H2,1H3,(H,21,25)(H,23,26). The SMILES string of the molecule is COCC(NC(=O)c1ccc2n[nH]c(=O)n2c1)c1cccc(C(F)(F)F)c1. The predicted molar refractivity (Wildman–Crippen MR) is 89.3 cm³/mol. The lowest BCUT2D eigenvalue weighted by Crippen LogP contribution is -2.32. The van der Waals surface area contributed by atoms with E-state index in [-0.39, 0.29) is 17.7 Å². The lowest BCUT2D eigenvalue weighted by Gasteiger charge is -2.19. The number of carbonyl (C=O) groups excluding carboxylic acids is 1. The van der Waals surface area contributed by atoms with Crippen LogP contribution in [0.4, 0.5) is 13.2 Å². The van der Waals surface area contributed by atoms with Gasteiger partial charge in [0.1, 0.15) is 0 Å². The Morgan fingerprint density at radius 1 is 1.33 bits per heavy atom. The summed E-state index contributed by atoms with van der Waals surface area (Å²) >= 11 is 0. The van der Waals surface area contributed by atoms with Gasteiger partial charge in [0.15, 0.2) is 5.65 Å². The van der Waals surface area contributed by atoms with E-state index in [4.69, 9.17) is 4.74 Å². The summed E-state index contributed by atoms with van der Waals surface area (Å²) in [6, 6.07) is 6.79. The molecular weight excluding hydrogens is 365 g/mol. The van der Waals surface area contributed by atoms with Crippen molar-refractivity contribution in [2.75, 3.05) is 13.7 Å². The number of hydrogen-bond donors (Lipinski definition) is 2. The number of methoxy groups -OCH3 is 1. The van der Waals surface area contributed by atoms with Gasteiger partial charge in [-0.1, -0.05) is 12.1 Å². The Hall–Kier alpha value is -3.14. The van der Waals surface area contributed by atoms with E-state index in [1.165, 1.54) is 37.6 Å². The Bertz CT molecular complexity index is 1030. The Morgan fingerprint density at radius 3 is 2.81 bits per heavy atom. The van der Waals surface area contributed by atoms with Crippen molar-refractivity contribution in [3.63, 3.8) is 0 Å². The van der Waals surface area contributed by atoms with Crippen molar-refractivity contribution >= 4 is 11.6 Å². The zero-order valence-electron chi connectivity index (χ0n) is 14.1. The second kappa shape index (κ2) is 7.23. The molecule has 1 amide bonds. The van der Waals surface area contributed by atoms with Gasteiger partial charge in [0.2, 0.25) is 0 Å². The van der Waals surface area contributed by atoms with E-state index < -0.39 is 29.4 Å². The topological polar surface area (TPSA) is 88.5 Å². The van der Waals surface area contributed by atoms with E-state index in [1.54, 1.807) is 0 Å². The van der Waals surface area contributed by atoms with Crippen LogP contribution in [0.2, 0.25) is 0 Å². The highest BCUT2D eigenvalue weighted by Crippen LogP contribution is 2.30. The molecule has 3 rings (SSSR count). The Kier molecular flexibility index (Phi) is 5.00. The molecule has 0 saturated carbocycles. The van der Waals surface area contributed by atoms with Crippen molar-refractivity contribution in [2.45, 2.75) is 12.2 Å². The number of aromatic nitrogens is 3. The van der Waals surface area contributed by atoms with Crippen LogP contribution >= 0.6 is 0 Å². The average Bonchev–Trinajstić information content (AvgIpc) is 3.01. The van der Waals surface area contributed by atoms with E-state index in [2.05, 4.69) is 15.5 Å². The first-order chi connectivity index (χ1) is 12.8. The van der Waals surface area contributed by atoms with Crippen LogP contribution in [0.1, 0.15) is 27.5 Å². The van der Waals surface area contributed by atoms with Gasteiger partial charge >= 0.3 is 11.9 Å². The molecule has 7 nitrogen and oxygen atoms in total. The summed E-state index contributed by atoms with van der Waals surface area (Å²) < 4.78 is 45.0. The van der Waals surface area contributed by atoms with Crippen LogP contribution in [0.5, 0.6) is 0 Å². The molecule has 3 aromatic rings. The molecule has 1 atom stereocenters. The molecule has 0 aliphatic rings. The number of halogens is 3. The number of ether oxygens (including phenoxy) is 1. The van der Waals surface area contributed by atoms with Gasteiger partial charge in [0.05, 0.1) is 23.8 Å². The lowest BCUT2D eigenvalue weighted by atomic mass is 10.0. The van der Waals surface area contributed by atoms with Gasteiger partial charge in [-0.15, -0.1) is 0 Å². The third-order valence-corrected chi connectivity index (χ3v) is 3.93. The maximum atomic E-state index is 12.9. The van der Waals surface area contributed by atoms with E-state index in [0.717, 1.165) is 16.5 Å². The van der Waals surface area contributed by atoms with Gasteiger partial charge in [-0.05, 0) is 29.8 Å². The first kappa shape index (κ1) is 18.6. The molecule has 2 aromatic heterocycles. The second-order valence-electron chi connectivity index (χ2n) is 5.78. The molecule has 2 N–H and O–H groups in total. The van der Waals surface area contributed by atoms with Crippen LogP contribution in [-0.2, 0) is 10.9 Å². The predicted octanol–water partition coefficient (Wildman–Crippen LogP) is 2.16. The molecule has 1 unspecified atom stereocenters. The van der Waals surface area contributed by atoms with Gasteiger partial charge in [-0.3, -0.25) is 4.79 Å². The van der Waals surface area contributed by atoms with Crippen molar-refractivity contribution in [2.24, 2.45) is 0 Å². The summed E-state index contributed by atoms with van der Waals surface area (Å²) in [5, 5.41) is 8.63. The summed E-state index contributed by atoms with van der Waals surface area (Å²) in [5.41, 5.74) is -0.587. The van der Waals surface area contributed by atoms with E-state index in [1.807, 2.05) is 0 Å². The van der Waals surface area contributed by atoms with Crippen LogP contribution in [0.3, 0.4) is 0 Å². The number of fused-ring (bicyclic) bond motifs is 1. The summed E-state index contributed by atoms with van der Waals surface area (Å²) in [6.07, 6.45) is -3.20. The number of benzene rings is 1. The zero-order valence-corrected chi connectivity index (χ0v) is 14.1. The summed E-state index contributed by atoms with van der Waals surface area (Å²) in [4.78, 5) is 24.1. The smallest absolute Gasteiger partial charge is 0.382 e. The Balaban J connectivity index is 1.88. The zero-order chi connectivity index (χ0) is 19.6. The minimum absolute atomic E-state index is 0.0268. The maximum Gasteiger partial charge on any atom is 0.416 e. The number of amides is 1. The molecule has 1 aromatic carbocycles. The van der Waals surface area contributed by atoms with Gasteiger partial charge in [-0.25, -0.2) is 14.3 Å². The molecule has 0 bridgehead atoms. The molecule has 10 heteroatoms. The minimum atomic E-state index is -4.49. The first-order valence-corrected chi connectivity index (χ1v) is 7.83. The molecule has 0 aliphatic heterocycles. The van der Waals surface area contributed by atoms with Crippen molar-refractivity contribution in [1.29, 1.82) is 0 Å². The molecule has 0 spiro atoms. The molecule has 0 fully saturated rings. The highest BCUT2D eigenvalue weighted by atomic mass is 19.4. The minimum Gasteiger partial charge on any atom is -0.382 e. The third kappa shape index (κ3) is 4.00. The number of carbonyl (C=O) groups is 1. The van der Waals surface area contributed by atoms with Gasteiger partial charge in [0.25, 0.3) is 5.91 Å². The largest absolute Gasteiger partial charge is 0.416 e. The van der Waals surface area contributed by atoms with Crippen LogP contribution in [0.15, 0.2) is 47.4 Å². The van der Waals surface area contributed by atoms with Crippen LogP contribution in [-0.4, -0.2) is 34.2 Å². The van der Waals surface area contributed by atoms with E-state index >= 15 is 0 Å². The van der Waals surface area contributed by atoms with Gasteiger partial charge < -0.3 is 10.1 Å². The number of nitrogens with zero attached hydrogens (tertiary/aromatic N) is 2. The summed E-state index contributed by atoms with van der Waals surface area (Å²) in [6.45, 7) is -0.0268. The van der Waals surface area contributed by atoms with Gasteiger partial charge in [0, 0.05) is 13.3 Å². The molecule has 27 heavy (non-hydrogen) atoms. The number of pyridine rings is 1. The molecular formula is C17H15F3N4O3. The first-order valence-electron chi connectivity index (χ1n) is 7.83. The van der Waals surface area contributed by atoms with Crippen molar-refractivity contribution in [1.82, 2.24) is 19.9 Å². The normalized spacial score (nSPS) is 12.9. The second-order valence-corrected chi connectivity index (χ2v) is 5.78. The number of aromatic amines is 1. The van der Waals surface area contributed by atoms with Gasteiger partial charge in [-0.2, -0.15) is 18.3 Å². The van der Waals surface area contributed by atoms with Crippen LogP contribution < -0.4 is 11.0 Å². The fraction of sp³-hybridized carbons (Fsp3) is 0.235. The quantitative estimate of drug-likeness (QED) is 0.710. The Morgan fingerprint density at radius 2 is 2.11 bits per heavy atom. The number of hydrogen-bond acceptors (Lipinski definition) is 4. The molecule has 0 aliphatic carbocycles. The highest BCUT2D eigenvalue weighted by molar-refractivity contribution is 5.94. The van der Waals surface area contributed by atoms with E-state index in [0.29, 0.717) is 5.65 Å². The fourth-order valence-corrected chi connectivity index (χ4v) is 2.60. The molecule has 2 heterocycles. The third-order valence-electron chi connectivity index (χ3n) is 3.93. The number of H-pyrrole nitrogens is 1. The van der Waals surface area contributed by atoms with Crippen molar-refractivity contribution < 1.29 is 22.7 Å². The monoisotopic (exact) mass is 380 g/mol. The average molecular weight is 380 g/mol. The van der Waals surface area contributed by atoms with E-state index in [9.17, 15) is 22.8 Å². The Labute approximate surface area is 150 Å². The van der Waals surface area contributed by atoms with Crippen molar-refractivity contribution in [3.8, 4) is 0 Å². The lowest BCUT2D eigenvalue weighted by molar-refractivity contribution is -0.137. The van der Waals surface area contributed by atoms with Crippen LogP contribution in [0, 0.1) is 0 Å². The fourth-order valence-electron chi connectivity index (χ4n) is 2.60. The molecule has 0 saturated heterocycles. The molecule has 0 radical (unpaired) electrons. The number of nitrogens with one attached hydrogen (secondary N) is 2. The molecule has 142 valence electrons. The summed E-state index contributed by atoms with van der Waals surface area (Å²) in [7, 11) is 1.38. The summed E-state index contributed by atoms with van der Waals surface area (Å²) in [5.74, 6) is -0.565. The maximum absolute atomic E-state index is 12.9.